The van der Waals surface area contributed by atoms with Gasteiger partial charge < -0.3 is 10.0 Å². The van der Waals surface area contributed by atoms with Gasteiger partial charge in [-0.3, -0.25) is 0 Å². The number of hydrogen-bond donors (Lipinski definition) is 1. The number of aliphatic hydroxyl groups is 1. The fraction of sp³-hybridized carbons (Fsp3) is 0.778. The number of nitrogens with zero attached hydrogens (tertiary/aromatic N) is 3. The largest absolute Gasteiger partial charge is 0.388 e. The summed E-state index contributed by atoms with van der Waals surface area (Å²) in [7, 11) is 1.96. The molecule has 0 unspecified atom stereocenters. The number of anilines is 1. The summed E-state index contributed by atoms with van der Waals surface area (Å²) in [4.78, 5) is 6.10. The van der Waals surface area contributed by atoms with Crippen molar-refractivity contribution in [3.8, 4) is 0 Å². The van der Waals surface area contributed by atoms with Crippen LogP contribution in [0.5, 0.6) is 0 Å². The molecule has 1 saturated carbocycles. The lowest BCUT2D eigenvalue weighted by Crippen LogP contribution is -2.39. The Balaban J connectivity index is 1.97. The molecule has 1 heterocycles. The van der Waals surface area contributed by atoms with Gasteiger partial charge in [0.1, 0.15) is 6.33 Å². The van der Waals surface area contributed by atoms with Crippen LogP contribution in [0.25, 0.3) is 0 Å². The summed E-state index contributed by atoms with van der Waals surface area (Å²) in [6.07, 6.45) is 5.66. The van der Waals surface area contributed by atoms with Crippen LogP contribution in [0.3, 0.4) is 0 Å². The third kappa shape index (κ3) is 2.04. The van der Waals surface area contributed by atoms with E-state index in [0.29, 0.717) is 6.54 Å². The molecule has 78 valence electrons. The zero-order chi connectivity index (χ0) is 10.0. The van der Waals surface area contributed by atoms with Gasteiger partial charge in [-0.05, 0) is 12.8 Å². The molecule has 1 N–H and O–H groups in total. The summed E-state index contributed by atoms with van der Waals surface area (Å²) in [5.41, 5.74) is -0.500. The first-order valence-electron chi connectivity index (χ1n) is 4.90. The molecule has 0 atom stereocenters. The van der Waals surface area contributed by atoms with Gasteiger partial charge in [0.25, 0.3) is 0 Å². The minimum atomic E-state index is -0.500. The molecule has 1 aromatic heterocycles. The Hall–Kier alpha value is -0.680. The van der Waals surface area contributed by atoms with E-state index in [1.807, 2.05) is 11.9 Å². The molecule has 4 nitrogen and oxygen atoms in total. The highest BCUT2D eigenvalue weighted by Crippen LogP contribution is 2.31. The quantitative estimate of drug-likeness (QED) is 0.821. The molecular formula is C9H15N3OS. The number of rotatable bonds is 3. The van der Waals surface area contributed by atoms with Gasteiger partial charge >= 0.3 is 0 Å². The van der Waals surface area contributed by atoms with Crippen LogP contribution in [0.15, 0.2) is 6.33 Å². The summed E-state index contributed by atoms with van der Waals surface area (Å²) in [5.74, 6) is 0. The van der Waals surface area contributed by atoms with E-state index in [-0.39, 0.29) is 0 Å². The van der Waals surface area contributed by atoms with E-state index < -0.39 is 5.60 Å². The van der Waals surface area contributed by atoms with Crippen LogP contribution in [0, 0.1) is 0 Å². The van der Waals surface area contributed by atoms with Crippen molar-refractivity contribution in [2.75, 3.05) is 18.5 Å². The lowest BCUT2D eigenvalue weighted by molar-refractivity contribution is 0.0559. The Morgan fingerprint density at radius 2 is 2.29 bits per heavy atom. The highest BCUT2D eigenvalue weighted by atomic mass is 32.1. The molecule has 1 aliphatic carbocycles. The molecule has 1 aliphatic rings. The minimum absolute atomic E-state index is 0.500. The standard InChI is InChI=1S/C9H15N3OS/c1-12(8-10-7-11-14-8)6-9(13)4-2-3-5-9/h7,13H,2-6H2,1H3. The van der Waals surface area contributed by atoms with E-state index in [0.717, 1.165) is 30.8 Å². The third-order valence-corrected chi connectivity index (χ3v) is 3.52. The van der Waals surface area contributed by atoms with Crippen LogP contribution in [-0.2, 0) is 0 Å². The summed E-state index contributed by atoms with van der Waals surface area (Å²) < 4.78 is 3.95. The van der Waals surface area contributed by atoms with Gasteiger partial charge in [0.2, 0.25) is 5.13 Å². The van der Waals surface area contributed by atoms with Gasteiger partial charge in [0, 0.05) is 25.1 Å². The van der Waals surface area contributed by atoms with E-state index in [1.54, 1.807) is 6.33 Å². The van der Waals surface area contributed by atoms with Crippen molar-refractivity contribution >= 4 is 16.7 Å². The lowest BCUT2D eigenvalue weighted by atomic mass is 10.0. The van der Waals surface area contributed by atoms with Crippen LogP contribution in [0.1, 0.15) is 25.7 Å². The summed E-state index contributed by atoms with van der Waals surface area (Å²) in [5, 5.41) is 11.1. The molecule has 1 aromatic rings. The van der Waals surface area contributed by atoms with Gasteiger partial charge in [0.15, 0.2) is 0 Å². The zero-order valence-corrected chi connectivity index (χ0v) is 9.13. The number of likely N-dealkylation sites (N-methyl/N-ethyl adjacent to an activating group) is 1. The van der Waals surface area contributed by atoms with Crippen LogP contribution in [0.4, 0.5) is 5.13 Å². The maximum atomic E-state index is 10.2. The molecule has 0 bridgehead atoms. The van der Waals surface area contributed by atoms with Crippen LogP contribution < -0.4 is 4.90 Å². The molecular weight excluding hydrogens is 198 g/mol. The lowest BCUT2D eigenvalue weighted by Gasteiger charge is -2.27. The number of hydrogen-bond acceptors (Lipinski definition) is 5. The molecule has 0 saturated heterocycles. The fourth-order valence-corrected chi connectivity index (χ4v) is 2.52. The second-order valence-electron chi connectivity index (χ2n) is 4.01. The highest BCUT2D eigenvalue weighted by Gasteiger charge is 2.32. The van der Waals surface area contributed by atoms with Gasteiger partial charge in [0.05, 0.1) is 5.60 Å². The average molecular weight is 213 g/mol. The van der Waals surface area contributed by atoms with E-state index >= 15 is 0 Å². The Morgan fingerprint density at radius 3 is 2.86 bits per heavy atom. The second-order valence-corrected chi connectivity index (χ2v) is 4.77. The van der Waals surface area contributed by atoms with Crippen molar-refractivity contribution in [2.45, 2.75) is 31.3 Å². The average Bonchev–Trinajstić information content (AvgIpc) is 2.74. The molecule has 14 heavy (non-hydrogen) atoms. The predicted molar refractivity (Wildman–Crippen MR) is 56.6 cm³/mol. The first kappa shape index (κ1) is 9.86. The van der Waals surface area contributed by atoms with Crippen molar-refractivity contribution in [1.82, 2.24) is 9.36 Å². The molecule has 5 heteroatoms. The van der Waals surface area contributed by atoms with Crippen molar-refractivity contribution in [3.63, 3.8) is 0 Å². The topological polar surface area (TPSA) is 49.2 Å². The maximum Gasteiger partial charge on any atom is 0.204 e. The second kappa shape index (κ2) is 3.82. The fourth-order valence-electron chi connectivity index (χ4n) is 2.04. The van der Waals surface area contributed by atoms with Crippen LogP contribution in [-0.4, -0.2) is 33.7 Å². The molecule has 2 rings (SSSR count). The van der Waals surface area contributed by atoms with E-state index in [4.69, 9.17) is 0 Å². The van der Waals surface area contributed by atoms with E-state index in [2.05, 4.69) is 9.36 Å². The van der Waals surface area contributed by atoms with Crippen molar-refractivity contribution < 1.29 is 5.11 Å². The van der Waals surface area contributed by atoms with Gasteiger partial charge in [-0.25, -0.2) is 4.98 Å². The summed E-state index contributed by atoms with van der Waals surface area (Å²) >= 11 is 1.37. The predicted octanol–water partition coefficient (Wildman–Crippen LogP) is 1.28. The SMILES string of the molecule is CN(CC1(O)CCCC1)c1ncns1. The van der Waals surface area contributed by atoms with Crippen molar-refractivity contribution in [1.29, 1.82) is 0 Å². The zero-order valence-electron chi connectivity index (χ0n) is 8.31. The van der Waals surface area contributed by atoms with E-state index in [9.17, 15) is 5.11 Å². The Morgan fingerprint density at radius 1 is 1.57 bits per heavy atom. The third-order valence-electron chi connectivity index (χ3n) is 2.74. The molecule has 1 fully saturated rings. The molecule has 0 aromatic carbocycles. The highest BCUT2D eigenvalue weighted by molar-refractivity contribution is 7.09. The first-order valence-corrected chi connectivity index (χ1v) is 5.67. The summed E-state index contributed by atoms with van der Waals surface area (Å²) in [6, 6.07) is 0. The maximum absolute atomic E-state index is 10.2. The monoisotopic (exact) mass is 213 g/mol. The van der Waals surface area contributed by atoms with Gasteiger partial charge in [-0.2, -0.15) is 4.37 Å². The Kier molecular flexibility index (Phi) is 2.69. The van der Waals surface area contributed by atoms with Crippen LogP contribution in [0.2, 0.25) is 0 Å². The normalized spacial score (nSPS) is 19.9. The Labute approximate surface area is 87.8 Å². The minimum Gasteiger partial charge on any atom is -0.388 e. The molecule has 0 radical (unpaired) electrons. The Bertz CT molecular complexity index is 282. The molecule has 0 spiro atoms. The van der Waals surface area contributed by atoms with Crippen molar-refractivity contribution in [2.24, 2.45) is 0 Å². The molecule has 0 amide bonds. The van der Waals surface area contributed by atoms with Crippen LogP contribution >= 0.6 is 11.5 Å². The smallest absolute Gasteiger partial charge is 0.204 e. The van der Waals surface area contributed by atoms with Crippen molar-refractivity contribution in [3.05, 3.63) is 6.33 Å². The van der Waals surface area contributed by atoms with Gasteiger partial charge in [-0.1, -0.05) is 12.8 Å². The first-order chi connectivity index (χ1) is 6.70. The van der Waals surface area contributed by atoms with Gasteiger partial charge in [-0.15, -0.1) is 0 Å². The number of aromatic nitrogens is 2. The van der Waals surface area contributed by atoms with E-state index in [1.165, 1.54) is 11.5 Å². The molecule has 0 aliphatic heterocycles. The summed E-state index contributed by atoms with van der Waals surface area (Å²) in [6.45, 7) is 0.669.